The Morgan fingerprint density at radius 2 is 2.00 bits per heavy atom. The zero-order valence-electron chi connectivity index (χ0n) is 11.0. The molecule has 2 rings (SSSR count). The highest BCUT2D eigenvalue weighted by Gasteiger charge is 2.22. The average Bonchev–Trinajstić information content (AvgIpc) is 2.83. The van der Waals surface area contributed by atoms with Gasteiger partial charge in [0.2, 0.25) is 5.91 Å². The highest BCUT2D eigenvalue weighted by molar-refractivity contribution is 7.13. The Morgan fingerprint density at radius 3 is 2.58 bits per heavy atom. The Hall–Kier alpha value is -1.43. The van der Waals surface area contributed by atoms with E-state index in [1.54, 1.807) is 0 Å². The summed E-state index contributed by atoms with van der Waals surface area (Å²) in [6, 6.07) is 0. The summed E-state index contributed by atoms with van der Waals surface area (Å²) in [6.45, 7) is 3.50. The molecule has 19 heavy (non-hydrogen) atoms. The number of piperidine rings is 1. The number of amides is 1. The molecule has 1 aliphatic rings. The van der Waals surface area contributed by atoms with Crippen LogP contribution in [-0.4, -0.2) is 40.0 Å². The number of carbonyl (C=O) groups is 2. The summed E-state index contributed by atoms with van der Waals surface area (Å²) in [5.41, 5.74) is 0.421. The van der Waals surface area contributed by atoms with Gasteiger partial charge < -0.3 is 10.0 Å². The first-order chi connectivity index (χ1) is 9.11. The van der Waals surface area contributed by atoms with Crippen molar-refractivity contribution in [1.82, 2.24) is 9.88 Å². The van der Waals surface area contributed by atoms with E-state index in [1.165, 1.54) is 17.8 Å². The topological polar surface area (TPSA) is 70.5 Å². The standard InChI is InChI=1S/C13H18N2O3S/c1-2-10-14-9(12(19-10)13(17)18)8-11(16)15-6-4-3-5-7-15/h2-8H2,1H3,(H,17,18). The molecule has 0 radical (unpaired) electrons. The lowest BCUT2D eigenvalue weighted by molar-refractivity contribution is -0.131. The predicted molar refractivity (Wildman–Crippen MR) is 72.6 cm³/mol. The Bertz CT molecular complexity index is 478. The molecular weight excluding hydrogens is 264 g/mol. The highest BCUT2D eigenvalue weighted by atomic mass is 32.1. The van der Waals surface area contributed by atoms with Crippen LogP contribution < -0.4 is 0 Å². The molecule has 104 valence electrons. The summed E-state index contributed by atoms with van der Waals surface area (Å²) in [6.07, 6.45) is 4.05. The lowest BCUT2D eigenvalue weighted by Crippen LogP contribution is -2.36. The third kappa shape index (κ3) is 3.32. The van der Waals surface area contributed by atoms with E-state index in [1.807, 2.05) is 11.8 Å². The second kappa shape index (κ2) is 6.14. The van der Waals surface area contributed by atoms with Crippen molar-refractivity contribution in [3.8, 4) is 0 Å². The number of aryl methyl sites for hydroxylation is 1. The molecule has 0 saturated carbocycles. The maximum Gasteiger partial charge on any atom is 0.347 e. The molecule has 1 aromatic heterocycles. The van der Waals surface area contributed by atoms with Crippen LogP contribution in [0.3, 0.4) is 0 Å². The third-order valence-electron chi connectivity index (χ3n) is 3.27. The van der Waals surface area contributed by atoms with Gasteiger partial charge in [0.25, 0.3) is 0 Å². The molecule has 2 heterocycles. The number of carboxylic acids is 1. The van der Waals surface area contributed by atoms with Gasteiger partial charge in [-0.15, -0.1) is 11.3 Å². The van der Waals surface area contributed by atoms with E-state index in [4.69, 9.17) is 5.11 Å². The molecule has 6 heteroatoms. The maximum atomic E-state index is 12.1. The molecular formula is C13H18N2O3S. The average molecular weight is 282 g/mol. The first kappa shape index (κ1) is 14.0. The predicted octanol–water partition coefficient (Wildman–Crippen LogP) is 1.96. The van der Waals surface area contributed by atoms with Crippen LogP contribution in [0, 0.1) is 0 Å². The molecule has 0 unspecified atom stereocenters. The van der Waals surface area contributed by atoms with E-state index in [2.05, 4.69) is 4.98 Å². The molecule has 1 amide bonds. The van der Waals surface area contributed by atoms with Crippen LogP contribution in [0.5, 0.6) is 0 Å². The molecule has 5 nitrogen and oxygen atoms in total. The van der Waals surface area contributed by atoms with E-state index >= 15 is 0 Å². The Morgan fingerprint density at radius 1 is 1.32 bits per heavy atom. The van der Waals surface area contributed by atoms with E-state index in [-0.39, 0.29) is 17.2 Å². The van der Waals surface area contributed by atoms with Crippen molar-refractivity contribution in [2.24, 2.45) is 0 Å². The minimum atomic E-state index is -0.987. The lowest BCUT2D eigenvalue weighted by Gasteiger charge is -2.26. The number of aromatic carboxylic acids is 1. The van der Waals surface area contributed by atoms with Crippen molar-refractivity contribution in [2.75, 3.05) is 13.1 Å². The first-order valence-corrected chi connectivity index (χ1v) is 7.43. The van der Waals surface area contributed by atoms with Crippen LogP contribution in [0.15, 0.2) is 0 Å². The van der Waals surface area contributed by atoms with Crippen LogP contribution >= 0.6 is 11.3 Å². The SMILES string of the molecule is CCc1nc(CC(=O)N2CCCCC2)c(C(=O)O)s1. The van der Waals surface area contributed by atoms with Gasteiger partial charge in [0.1, 0.15) is 4.88 Å². The van der Waals surface area contributed by atoms with Gasteiger partial charge in [-0.1, -0.05) is 6.92 Å². The summed E-state index contributed by atoms with van der Waals surface area (Å²) in [5, 5.41) is 9.92. The first-order valence-electron chi connectivity index (χ1n) is 6.61. The molecule has 1 fully saturated rings. The van der Waals surface area contributed by atoms with E-state index in [0.717, 1.165) is 30.9 Å². The Balaban J connectivity index is 2.10. The van der Waals surface area contributed by atoms with Gasteiger partial charge in [-0.2, -0.15) is 0 Å². The quantitative estimate of drug-likeness (QED) is 0.916. The van der Waals surface area contributed by atoms with Gasteiger partial charge in [0, 0.05) is 13.1 Å². The number of rotatable bonds is 4. The third-order valence-corrected chi connectivity index (χ3v) is 4.50. The van der Waals surface area contributed by atoms with Crippen LogP contribution in [0.25, 0.3) is 0 Å². The lowest BCUT2D eigenvalue weighted by atomic mass is 10.1. The summed E-state index contributed by atoms with van der Waals surface area (Å²) >= 11 is 1.17. The largest absolute Gasteiger partial charge is 0.477 e. The normalized spacial score (nSPS) is 15.5. The number of carboxylic acid groups (broad SMARTS) is 1. The Labute approximate surface area is 116 Å². The van der Waals surface area contributed by atoms with E-state index in [0.29, 0.717) is 12.1 Å². The van der Waals surface area contributed by atoms with Crippen LogP contribution in [0.2, 0.25) is 0 Å². The number of aromatic nitrogens is 1. The zero-order chi connectivity index (χ0) is 13.8. The minimum absolute atomic E-state index is 0.00449. The van der Waals surface area contributed by atoms with Crippen molar-refractivity contribution in [3.05, 3.63) is 15.6 Å². The van der Waals surface area contributed by atoms with Gasteiger partial charge >= 0.3 is 5.97 Å². The fraction of sp³-hybridized carbons (Fsp3) is 0.615. The van der Waals surface area contributed by atoms with Crippen LogP contribution in [0.1, 0.15) is 46.6 Å². The second-order valence-electron chi connectivity index (χ2n) is 4.66. The molecule has 1 N–H and O–H groups in total. The number of nitrogens with zero attached hydrogens (tertiary/aromatic N) is 2. The molecule has 0 bridgehead atoms. The van der Waals surface area contributed by atoms with Gasteiger partial charge in [-0.05, 0) is 25.7 Å². The summed E-state index contributed by atoms with van der Waals surface area (Å²) in [4.78, 5) is 29.6. The van der Waals surface area contributed by atoms with Crippen molar-refractivity contribution in [3.63, 3.8) is 0 Å². The minimum Gasteiger partial charge on any atom is -0.477 e. The van der Waals surface area contributed by atoms with Gasteiger partial charge in [0.15, 0.2) is 0 Å². The van der Waals surface area contributed by atoms with Gasteiger partial charge in [0.05, 0.1) is 17.1 Å². The molecule has 1 aromatic rings. The van der Waals surface area contributed by atoms with E-state index in [9.17, 15) is 9.59 Å². The highest BCUT2D eigenvalue weighted by Crippen LogP contribution is 2.21. The van der Waals surface area contributed by atoms with E-state index < -0.39 is 5.97 Å². The monoisotopic (exact) mass is 282 g/mol. The summed E-state index contributed by atoms with van der Waals surface area (Å²) in [7, 11) is 0. The number of thiazole rings is 1. The smallest absolute Gasteiger partial charge is 0.347 e. The molecule has 0 aromatic carbocycles. The van der Waals surface area contributed by atoms with Crippen molar-refractivity contribution >= 4 is 23.2 Å². The van der Waals surface area contributed by atoms with Crippen molar-refractivity contribution in [1.29, 1.82) is 0 Å². The molecule has 0 atom stereocenters. The summed E-state index contributed by atoms with van der Waals surface area (Å²) < 4.78 is 0. The second-order valence-corrected chi connectivity index (χ2v) is 5.74. The van der Waals surface area contributed by atoms with Crippen LogP contribution in [-0.2, 0) is 17.6 Å². The molecule has 1 saturated heterocycles. The Kier molecular flexibility index (Phi) is 4.52. The number of carbonyl (C=O) groups excluding carboxylic acids is 1. The van der Waals surface area contributed by atoms with Crippen molar-refractivity contribution < 1.29 is 14.7 Å². The summed E-state index contributed by atoms with van der Waals surface area (Å²) in [5.74, 6) is -0.992. The fourth-order valence-electron chi connectivity index (χ4n) is 2.24. The molecule has 0 aliphatic carbocycles. The molecule has 0 spiro atoms. The zero-order valence-corrected chi connectivity index (χ0v) is 11.8. The number of likely N-dealkylation sites (tertiary alicyclic amines) is 1. The fourth-order valence-corrected chi connectivity index (χ4v) is 3.10. The van der Waals surface area contributed by atoms with Crippen molar-refractivity contribution in [2.45, 2.75) is 39.0 Å². The maximum absolute atomic E-state index is 12.1. The molecule has 1 aliphatic heterocycles. The van der Waals surface area contributed by atoms with Gasteiger partial charge in [-0.25, -0.2) is 9.78 Å². The number of hydrogen-bond donors (Lipinski definition) is 1. The van der Waals surface area contributed by atoms with Crippen LogP contribution in [0.4, 0.5) is 0 Å². The number of hydrogen-bond acceptors (Lipinski definition) is 4. The van der Waals surface area contributed by atoms with Gasteiger partial charge in [-0.3, -0.25) is 4.79 Å².